The molecule has 0 aromatic heterocycles. The van der Waals surface area contributed by atoms with Gasteiger partial charge in [-0.1, -0.05) is 36.4 Å². The fourth-order valence-corrected chi connectivity index (χ4v) is 2.40. The van der Waals surface area contributed by atoms with Gasteiger partial charge in [-0.15, -0.1) is 0 Å². The second-order valence-electron chi connectivity index (χ2n) is 6.32. The molecule has 0 heterocycles. The lowest BCUT2D eigenvalue weighted by Gasteiger charge is -2.15. The van der Waals surface area contributed by atoms with Crippen LogP contribution in [0.5, 0.6) is 0 Å². The molecule has 1 atom stereocenters. The molecule has 0 spiro atoms. The lowest BCUT2D eigenvalue weighted by Crippen LogP contribution is -2.34. The van der Waals surface area contributed by atoms with Crippen LogP contribution in [0.4, 0.5) is 4.39 Å². The smallest absolute Gasteiger partial charge is 0.249 e. The van der Waals surface area contributed by atoms with Gasteiger partial charge in [-0.25, -0.2) is 4.39 Å². The molecule has 4 nitrogen and oxygen atoms in total. The largest absolute Gasteiger partial charge is 0.364 e. The fraction of sp³-hybridized carbons (Fsp3) is 0.350. The Morgan fingerprint density at radius 1 is 1.16 bits per heavy atom. The van der Waals surface area contributed by atoms with Crippen LogP contribution in [0.25, 0.3) is 0 Å². The molecule has 0 bridgehead atoms. The normalized spacial score (nSPS) is 12.2. The third-order valence-corrected chi connectivity index (χ3v) is 3.78. The van der Waals surface area contributed by atoms with E-state index in [2.05, 4.69) is 5.32 Å². The van der Waals surface area contributed by atoms with Gasteiger partial charge in [0.1, 0.15) is 11.9 Å². The van der Waals surface area contributed by atoms with E-state index in [1.54, 1.807) is 19.1 Å². The number of amides is 1. The van der Waals surface area contributed by atoms with Crippen molar-refractivity contribution >= 4 is 5.91 Å². The summed E-state index contributed by atoms with van der Waals surface area (Å²) in [5, 5.41) is 2.84. The number of benzene rings is 2. The van der Waals surface area contributed by atoms with Crippen molar-refractivity contribution in [2.24, 2.45) is 0 Å². The molecule has 134 valence electrons. The van der Waals surface area contributed by atoms with Crippen LogP contribution < -0.4 is 5.32 Å². The number of ether oxygens (including phenoxy) is 1. The first-order valence-electron chi connectivity index (χ1n) is 8.31. The highest BCUT2D eigenvalue weighted by atomic mass is 19.1. The zero-order chi connectivity index (χ0) is 18.2. The van der Waals surface area contributed by atoms with E-state index in [0.717, 1.165) is 11.1 Å². The van der Waals surface area contributed by atoms with Gasteiger partial charge in [0.05, 0.1) is 6.61 Å². The van der Waals surface area contributed by atoms with Crippen molar-refractivity contribution < 1.29 is 13.9 Å². The number of nitrogens with one attached hydrogen (secondary N) is 1. The Morgan fingerprint density at radius 2 is 1.88 bits per heavy atom. The molecule has 0 saturated heterocycles. The summed E-state index contributed by atoms with van der Waals surface area (Å²) < 4.78 is 19.4. The molecule has 1 N–H and O–H groups in total. The monoisotopic (exact) mass is 344 g/mol. The van der Waals surface area contributed by atoms with E-state index in [1.807, 2.05) is 49.3 Å². The van der Waals surface area contributed by atoms with Crippen molar-refractivity contribution in [3.63, 3.8) is 0 Å². The van der Waals surface area contributed by atoms with Crippen LogP contribution in [-0.4, -0.2) is 31.0 Å². The maximum Gasteiger partial charge on any atom is 0.249 e. The Bertz CT molecular complexity index is 689. The molecule has 5 heteroatoms. The fourth-order valence-electron chi connectivity index (χ4n) is 2.40. The highest BCUT2D eigenvalue weighted by Crippen LogP contribution is 2.12. The van der Waals surface area contributed by atoms with Gasteiger partial charge in [0.25, 0.3) is 0 Å². The minimum Gasteiger partial charge on any atom is -0.364 e. The minimum absolute atomic E-state index is 0.186. The molecule has 2 aromatic carbocycles. The summed E-state index contributed by atoms with van der Waals surface area (Å²) >= 11 is 0. The predicted octanol–water partition coefficient (Wildman–Crippen LogP) is 3.11. The molecule has 0 unspecified atom stereocenters. The van der Waals surface area contributed by atoms with Gasteiger partial charge in [0.15, 0.2) is 0 Å². The number of nitrogens with zero attached hydrogens (tertiary/aromatic N) is 1. The number of rotatable bonds is 8. The van der Waals surface area contributed by atoms with Crippen molar-refractivity contribution in [3.8, 4) is 0 Å². The lowest BCUT2D eigenvalue weighted by molar-refractivity contribution is -0.132. The third-order valence-electron chi connectivity index (χ3n) is 3.78. The predicted molar refractivity (Wildman–Crippen MR) is 96.3 cm³/mol. The third kappa shape index (κ3) is 6.29. The molecule has 0 fully saturated rings. The standard InChI is InChI=1S/C20H25FN2O2/c1-15(25-14-16-7-5-4-6-8-16)20(24)22-12-17-9-10-19(21)18(11-17)13-23(2)3/h4-11,15H,12-14H2,1-3H3,(H,22,24)/t15-/m1/s1. The van der Waals surface area contributed by atoms with Crippen LogP contribution in [0.1, 0.15) is 23.6 Å². The SMILES string of the molecule is C[C@@H](OCc1ccccc1)C(=O)NCc1ccc(F)c(CN(C)C)c1. The molecule has 0 aliphatic rings. The van der Waals surface area contributed by atoms with Crippen LogP contribution in [0, 0.1) is 5.82 Å². The maximum atomic E-state index is 13.8. The Kier molecular flexibility index (Phi) is 7.10. The summed E-state index contributed by atoms with van der Waals surface area (Å²) in [6, 6.07) is 14.6. The van der Waals surface area contributed by atoms with Crippen molar-refractivity contribution in [1.29, 1.82) is 0 Å². The average molecular weight is 344 g/mol. The molecule has 1 amide bonds. The van der Waals surface area contributed by atoms with E-state index in [4.69, 9.17) is 4.74 Å². The van der Waals surface area contributed by atoms with Crippen molar-refractivity contribution in [2.45, 2.75) is 32.7 Å². The average Bonchev–Trinajstić information content (AvgIpc) is 2.60. The summed E-state index contributed by atoms with van der Waals surface area (Å²) in [4.78, 5) is 14.1. The molecule has 0 aliphatic carbocycles. The highest BCUT2D eigenvalue weighted by Gasteiger charge is 2.13. The van der Waals surface area contributed by atoms with E-state index in [-0.39, 0.29) is 11.7 Å². The first kappa shape index (κ1) is 19.1. The van der Waals surface area contributed by atoms with Gasteiger partial charge in [-0.05, 0) is 44.3 Å². The van der Waals surface area contributed by atoms with E-state index in [9.17, 15) is 9.18 Å². The van der Waals surface area contributed by atoms with Crippen molar-refractivity contribution in [2.75, 3.05) is 14.1 Å². The van der Waals surface area contributed by atoms with Gasteiger partial charge in [0, 0.05) is 18.7 Å². The molecular weight excluding hydrogens is 319 g/mol. The zero-order valence-corrected chi connectivity index (χ0v) is 15.0. The Labute approximate surface area is 148 Å². The second-order valence-corrected chi connectivity index (χ2v) is 6.32. The molecule has 0 saturated carbocycles. The molecule has 0 radical (unpaired) electrons. The first-order valence-corrected chi connectivity index (χ1v) is 8.31. The van der Waals surface area contributed by atoms with Crippen LogP contribution in [0.15, 0.2) is 48.5 Å². The molecule has 2 aromatic rings. The number of carbonyl (C=O) groups is 1. The minimum atomic E-state index is -0.554. The van der Waals surface area contributed by atoms with Gasteiger partial charge in [-0.2, -0.15) is 0 Å². The molecule has 2 rings (SSSR count). The number of carbonyl (C=O) groups excluding carboxylic acids is 1. The summed E-state index contributed by atoms with van der Waals surface area (Å²) in [7, 11) is 3.78. The van der Waals surface area contributed by atoms with E-state index >= 15 is 0 Å². The van der Waals surface area contributed by atoms with Crippen LogP contribution in [0.3, 0.4) is 0 Å². The van der Waals surface area contributed by atoms with Crippen LogP contribution in [-0.2, 0) is 29.2 Å². The maximum absolute atomic E-state index is 13.8. The summed E-state index contributed by atoms with van der Waals surface area (Å²) in [5.74, 6) is -0.419. The Morgan fingerprint density at radius 3 is 2.56 bits per heavy atom. The van der Waals surface area contributed by atoms with Crippen molar-refractivity contribution in [1.82, 2.24) is 10.2 Å². The summed E-state index contributed by atoms with van der Waals surface area (Å²) in [6.07, 6.45) is -0.554. The van der Waals surface area contributed by atoms with E-state index < -0.39 is 6.10 Å². The summed E-state index contributed by atoms with van der Waals surface area (Å²) in [5.41, 5.74) is 2.50. The van der Waals surface area contributed by atoms with Crippen LogP contribution in [0.2, 0.25) is 0 Å². The number of hydrogen-bond donors (Lipinski definition) is 1. The number of hydrogen-bond acceptors (Lipinski definition) is 3. The molecule has 0 aliphatic heterocycles. The van der Waals surface area contributed by atoms with Gasteiger partial charge in [0.2, 0.25) is 5.91 Å². The van der Waals surface area contributed by atoms with E-state index in [1.165, 1.54) is 6.07 Å². The van der Waals surface area contributed by atoms with E-state index in [0.29, 0.717) is 25.3 Å². The van der Waals surface area contributed by atoms with Crippen LogP contribution >= 0.6 is 0 Å². The molecule has 25 heavy (non-hydrogen) atoms. The first-order chi connectivity index (χ1) is 12.0. The van der Waals surface area contributed by atoms with Gasteiger partial charge < -0.3 is 15.0 Å². The zero-order valence-electron chi connectivity index (χ0n) is 15.0. The Balaban J connectivity index is 1.84. The van der Waals surface area contributed by atoms with Gasteiger partial charge in [-0.3, -0.25) is 4.79 Å². The van der Waals surface area contributed by atoms with Crippen molar-refractivity contribution in [3.05, 3.63) is 71.0 Å². The molecular formula is C20H25FN2O2. The lowest BCUT2D eigenvalue weighted by atomic mass is 10.1. The quantitative estimate of drug-likeness (QED) is 0.800. The Hall–Kier alpha value is -2.24. The van der Waals surface area contributed by atoms with Gasteiger partial charge >= 0.3 is 0 Å². The number of halogens is 1. The topological polar surface area (TPSA) is 41.6 Å². The highest BCUT2D eigenvalue weighted by molar-refractivity contribution is 5.80. The summed E-state index contributed by atoms with van der Waals surface area (Å²) in [6.45, 7) is 2.97. The second kappa shape index (κ2) is 9.30.